The first-order valence-electron chi connectivity index (χ1n) is 30.4. The molecule has 0 saturated carbocycles. The third-order valence-electron chi connectivity index (χ3n) is 16.1. The average Bonchev–Trinajstić information content (AvgIpc) is 3.60. The molecule has 15 heteroatoms. The van der Waals surface area contributed by atoms with Crippen molar-refractivity contribution in [3.05, 3.63) is 139 Å². The predicted molar refractivity (Wildman–Crippen MR) is 331 cm³/mol. The van der Waals surface area contributed by atoms with E-state index in [-0.39, 0.29) is 83.6 Å². The Morgan fingerprint density at radius 3 is 1.25 bits per heavy atom. The van der Waals surface area contributed by atoms with Crippen LogP contribution in [0.15, 0.2) is 101 Å². The van der Waals surface area contributed by atoms with Crippen molar-refractivity contribution < 1.29 is 59.2 Å². The Balaban J connectivity index is 0.000000560. The maximum atomic E-state index is 12.8. The molecule has 4 heterocycles. The molecule has 2 saturated heterocycles. The van der Waals surface area contributed by atoms with E-state index in [2.05, 4.69) is 91.8 Å². The fourth-order valence-electron chi connectivity index (χ4n) is 10.9. The molecule has 0 aromatic carbocycles. The second kappa shape index (κ2) is 37.4. The predicted octanol–water partition coefficient (Wildman–Crippen LogP) is 11.0. The van der Waals surface area contributed by atoms with Crippen LogP contribution in [0.5, 0.6) is 0 Å². The summed E-state index contributed by atoms with van der Waals surface area (Å²) < 4.78 is 22.3. The largest absolute Gasteiger partial charge is 2.00 e. The monoisotopic (exact) mass is 1170 g/mol. The van der Waals surface area contributed by atoms with Gasteiger partial charge in [0.05, 0.1) is 62.0 Å². The molecule has 0 spiro atoms. The van der Waals surface area contributed by atoms with Crippen molar-refractivity contribution in [3.63, 3.8) is 0 Å². The van der Waals surface area contributed by atoms with Crippen molar-refractivity contribution in [3.8, 4) is 0 Å². The van der Waals surface area contributed by atoms with Crippen LogP contribution in [0.2, 0.25) is 0 Å². The summed E-state index contributed by atoms with van der Waals surface area (Å²) in [7, 11) is 0. The van der Waals surface area contributed by atoms with E-state index in [4.69, 9.17) is 18.3 Å². The Hall–Kier alpha value is -3.29. The van der Waals surface area contributed by atoms with Gasteiger partial charge < -0.3 is 68.7 Å². The van der Waals surface area contributed by atoms with Crippen molar-refractivity contribution in [1.29, 1.82) is 0 Å². The van der Waals surface area contributed by atoms with Crippen molar-refractivity contribution in [2.24, 2.45) is 23.7 Å². The summed E-state index contributed by atoms with van der Waals surface area (Å²) in [6.45, 7) is 28.2. The number of allylic oxidation sites excluding steroid dienone is 10. The van der Waals surface area contributed by atoms with E-state index in [1.165, 1.54) is 87.5 Å². The summed E-state index contributed by atoms with van der Waals surface area (Å²) in [5.74, 6) is 2.36. The fourth-order valence-corrected chi connectivity index (χ4v) is 10.9. The second-order valence-electron chi connectivity index (χ2n) is 25.2. The molecular formula is C68H106MgO14. The minimum absolute atomic E-state index is 0. The summed E-state index contributed by atoms with van der Waals surface area (Å²) in [5, 5.41) is 81.7. The van der Waals surface area contributed by atoms with Crippen LogP contribution in [0, 0.1) is 35.8 Å². The molecule has 0 aliphatic carbocycles. The van der Waals surface area contributed by atoms with Gasteiger partial charge >= 0.3 is 23.1 Å². The zero-order valence-electron chi connectivity index (χ0n) is 52.9. The molecule has 464 valence electrons. The molecule has 0 bridgehead atoms. The van der Waals surface area contributed by atoms with E-state index in [0.29, 0.717) is 11.8 Å². The van der Waals surface area contributed by atoms with Crippen LogP contribution in [0.4, 0.5) is 0 Å². The van der Waals surface area contributed by atoms with Crippen LogP contribution in [0.3, 0.4) is 0 Å². The maximum absolute atomic E-state index is 12.8. The van der Waals surface area contributed by atoms with Gasteiger partial charge in [-0.05, 0) is 86.9 Å². The number of hydrogen-bond acceptors (Lipinski definition) is 14. The molecule has 2 aliphatic heterocycles. The molecule has 0 radical (unpaired) electrons. The summed E-state index contributed by atoms with van der Waals surface area (Å²) in [6, 6.07) is 8.59. The molecule has 6 unspecified atom stereocenters. The first-order valence-corrected chi connectivity index (χ1v) is 30.4. The maximum Gasteiger partial charge on any atom is 2.00 e. The average molecular weight is 1170 g/mol. The van der Waals surface area contributed by atoms with Gasteiger partial charge in [-0.25, -0.2) is 0 Å². The zero-order chi connectivity index (χ0) is 61.5. The van der Waals surface area contributed by atoms with Gasteiger partial charge in [0.15, 0.2) is 0 Å². The van der Waals surface area contributed by atoms with Gasteiger partial charge in [-0.15, -0.1) is 12.1 Å². The number of aliphatic hydroxyl groups is 8. The molecule has 2 aromatic heterocycles. The normalized spacial score (nSPS) is 24.7. The van der Waals surface area contributed by atoms with Gasteiger partial charge in [0.2, 0.25) is 11.3 Å². The molecule has 8 N–H and O–H groups in total. The Kier molecular flexibility index (Phi) is 34.2. The number of rotatable bonds is 30. The van der Waals surface area contributed by atoms with Crippen LogP contribution >= 0.6 is 0 Å². The second-order valence-corrected chi connectivity index (χ2v) is 25.2. The molecule has 2 fully saturated rings. The summed E-state index contributed by atoms with van der Waals surface area (Å²) >= 11 is 0. The van der Waals surface area contributed by atoms with E-state index >= 15 is 0 Å². The summed E-state index contributed by atoms with van der Waals surface area (Å²) in [4.78, 5) is 25.7. The van der Waals surface area contributed by atoms with Crippen LogP contribution in [0.25, 0.3) is 0 Å². The standard InChI is InChI=1S/2C34H53O7.Mg/c2*1-8-9-10-11-12-22(2)17-24(4)19-25(5)18-23(3)13-15-29(37)34(6,7)30-16-14-27(33(39)41-30)32-31(38)28(36)20-26(21-35)40-32;/h2*13,15-16,18-19,22,25-26,28-29,31-32,35-38H,8-12,17,20-21H2,1-7H3;/q2*-1;+2/b2*15-13+,23-18+,24-19-;/t2*22?,25?,26-,28-,29?,31+,32-;/m00./s1. The number of unbranched alkanes of at least 4 members (excludes halogenated alkanes) is 6. The first kappa shape index (κ1) is 75.8. The van der Waals surface area contributed by atoms with E-state index in [1.807, 2.05) is 26.0 Å². The van der Waals surface area contributed by atoms with E-state index < -0.39 is 83.1 Å². The van der Waals surface area contributed by atoms with E-state index in [1.54, 1.807) is 39.8 Å². The zero-order valence-corrected chi connectivity index (χ0v) is 54.3. The van der Waals surface area contributed by atoms with Crippen molar-refractivity contribution in [1.82, 2.24) is 0 Å². The molecule has 14 nitrogen and oxygen atoms in total. The van der Waals surface area contributed by atoms with Crippen molar-refractivity contribution in [2.75, 3.05) is 13.2 Å². The minimum atomic E-state index is -1.35. The van der Waals surface area contributed by atoms with Crippen LogP contribution in [0.1, 0.15) is 222 Å². The topological polar surface area (TPSA) is 241 Å². The Labute approximate surface area is 513 Å². The molecule has 2 aliphatic rings. The minimum Gasteiger partial charge on any atom is -0.547 e. The molecule has 0 amide bonds. The molecular weight excluding hydrogens is 1070 g/mol. The number of hydrogen-bond donors (Lipinski definition) is 8. The molecule has 83 heavy (non-hydrogen) atoms. The molecule has 2 aromatic rings. The quantitative estimate of drug-likeness (QED) is 0.0119. The number of aliphatic hydroxyl groups excluding tert-OH is 8. The van der Waals surface area contributed by atoms with Crippen LogP contribution in [-0.2, 0) is 20.3 Å². The van der Waals surface area contributed by atoms with Crippen molar-refractivity contribution in [2.45, 2.75) is 259 Å². The van der Waals surface area contributed by atoms with Gasteiger partial charge in [0.1, 0.15) is 12.2 Å². The van der Waals surface area contributed by atoms with Gasteiger partial charge in [0, 0.05) is 23.7 Å². The van der Waals surface area contributed by atoms with Gasteiger partial charge in [0.25, 0.3) is 0 Å². The fraction of sp³-hybridized carbons (Fsp3) is 0.676. The smallest absolute Gasteiger partial charge is 0.547 e. The third-order valence-corrected chi connectivity index (χ3v) is 16.1. The van der Waals surface area contributed by atoms with Crippen molar-refractivity contribution >= 4 is 23.1 Å². The van der Waals surface area contributed by atoms with Gasteiger partial charge in [-0.3, -0.25) is 0 Å². The third kappa shape index (κ3) is 24.8. The van der Waals surface area contributed by atoms with E-state index in [9.17, 15) is 50.4 Å². The van der Waals surface area contributed by atoms with Gasteiger partial charge in [-0.2, -0.15) is 12.1 Å². The van der Waals surface area contributed by atoms with Gasteiger partial charge in [-0.1, -0.05) is 204 Å². The SMILES string of the molecule is CCCCCCC(C)C/C(C)=C\C(C)/C=C(C)/C=C/C(O)C(C)(C)c1c[c-]c([C@@H]2O[C@H](CO)C[C@H](O)[C@H]2O)c(=O)o1.CCCCCCC(C)C/C(C)=C\C(C)/C=C(C)/C=C/C(O)C(C)(C)c1c[c-]c([C@@H]2O[C@H](CO)C[C@H](O)[C@H]2O)c(=O)o1.[Mg+2]. The number of ether oxygens (including phenoxy) is 2. The summed E-state index contributed by atoms with van der Waals surface area (Å²) in [6.07, 6.45) is 20.7. The Morgan fingerprint density at radius 1 is 0.590 bits per heavy atom. The molecule has 14 atom stereocenters. The molecule has 4 rings (SSSR count). The van der Waals surface area contributed by atoms with E-state index in [0.717, 1.165) is 24.0 Å². The van der Waals surface area contributed by atoms with Crippen LogP contribution in [-0.4, -0.2) is 126 Å². The Bertz CT molecular complexity index is 2340. The Morgan fingerprint density at radius 2 is 0.940 bits per heavy atom. The summed E-state index contributed by atoms with van der Waals surface area (Å²) in [5.41, 5.74) is 1.27. The first-order chi connectivity index (χ1) is 38.6. The van der Waals surface area contributed by atoms with Crippen LogP contribution < -0.4 is 11.3 Å².